The maximum absolute atomic E-state index is 11.1. The van der Waals surface area contributed by atoms with E-state index in [9.17, 15) is 4.79 Å². The summed E-state index contributed by atoms with van der Waals surface area (Å²) < 4.78 is 5.70. The highest BCUT2D eigenvalue weighted by molar-refractivity contribution is 5.88. The normalized spacial score (nSPS) is 10.5. The van der Waals surface area contributed by atoms with E-state index in [2.05, 4.69) is 15.0 Å². The number of rotatable bonds is 4. The van der Waals surface area contributed by atoms with Crippen molar-refractivity contribution < 1.29 is 14.6 Å². The van der Waals surface area contributed by atoms with E-state index in [4.69, 9.17) is 9.84 Å². The first-order chi connectivity index (χ1) is 10.3. The maximum Gasteiger partial charge on any atom is 0.339 e. The van der Waals surface area contributed by atoms with Crippen molar-refractivity contribution >= 4 is 16.9 Å². The van der Waals surface area contributed by atoms with Gasteiger partial charge in [0.15, 0.2) is 0 Å². The lowest BCUT2D eigenvalue weighted by molar-refractivity contribution is 0.0692. The molecule has 0 saturated carbocycles. The van der Waals surface area contributed by atoms with Crippen LogP contribution in [0.4, 0.5) is 0 Å². The standard InChI is InChI=1S/C15H11N3O3/c19-15(20)11-7-16-9-18-13(11)8-21-14-5-1-4-12-10(14)3-2-6-17-12/h1-7,9H,8H2,(H,19,20). The van der Waals surface area contributed by atoms with Gasteiger partial charge in [-0.25, -0.2) is 14.8 Å². The molecule has 1 N–H and O–H groups in total. The van der Waals surface area contributed by atoms with Gasteiger partial charge in [-0.15, -0.1) is 0 Å². The molecule has 0 bridgehead atoms. The second-order valence-electron chi connectivity index (χ2n) is 4.30. The molecule has 6 nitrogen and oxygen atoms in total. The zero-order chi connectivity index (χ0) is 14.7. The van der Waals surface area contributed by atoms with Gasteiger partial charge in [0.2, 0.25) is 0 Å². The van der Waals surface area contributed by atoms with E-state index < -0.39 is 5.97 Å². The summed E-state index contributed by atoms with van der Waals surface area (Å²) in [4.78, 5) is 23.0. The molecule has 0 unspecified atom stereocenters. The molecule has 0 aliphatic heterocycles. The Labute approximate surface area is 120 Å². The van der Waals surface area contributed by atoms with Crippen LogP contribution in [0.2, 0.25) is 0 Å². The van der Waals surface area contributed by atoms with Gasteiger partial charge in [-0.3, -0.25) is 4.98 Å². The summed E-state index contributed by atoms with van der Waals surface area (Å²) in [6, 6.07) is 9.25. The molecule has 0 spiro atoms. The van der Waals surface area contributed by atoms with Gasteiger partial charge in [-0.2, -0.15) is 0 Å². The van der Waals surface area contributed by atoms with Crippen LogP contribution < -0.4 is 4.74 Å². The van der Waals surface area contributed by atoms with Gasteiger partial charge in [0.25, 0.3) is 0 Å². The molecule has 104 valence electrons. The monoisotopic (exact) mass is 281 g/mol. The number of benzene rings is 1. The van der Waals surface area contributed by atoms with Crippen LogP contribution in [0, 0.1) is 0 Å². The van der Waals surface area contributed by atoms with Gasteiger partial charge < -0.3 is 9.84 Å². The Balaban J connectivity index is 1.89. The highest BCUT2D eigenvalue weighted by Gasteiger charge is 2.12. The zero-order valence-corrected chi connectivity index (χ0v) is 10.9. The molecule has 0 amide bonds. The van der Waals surface area contributed by atoms with E-state index in [1.807, 2.05) is 30.3 Å². The predicted molar refractivity (Wildman–Crippen MR) is 75.1 cm³/mol. The van der Waals surface area contributed by atoms with Crippen molar-refractivity contribution in [2.45, 2.75) is 6.61 Å². The number of aromatic nitrogens is 3. The fourth-order valence-electron chi connectivity index (χ4n) is 2.00. The molecule has 0 aliphatic carbocycles. The molecule has 0 radical (unpaired) electrons. The third-order valence-corrected chi connectivity index (χ3v) is 3.00. The molecule has 3 aromatic rings. The van der Waals surface area contributed by atoms with E-state index >= 15 is 0 Å². The van der Waals surface area contributed by atoms with Gasteiger partial charge in [-0.1, -0.05) is 6.07 Å². The van der Waals surface area contributed by atoms with Gasteiger partial charge >= 0.3 is 5.97 Å². The minimum Gasteiger partial charge on any atom is -0.487 e. The molecular formula is C15H11N3O3. The molecule has 3 rings (SSSR count). The van der Waals surface area contributed by atoms with Crippen molar-refractivity contribution in [3.05, 3.63) is 60.3 Å². The topological polar surface area (TPSA) is 85.2 Å². The van der Waals surface area contributed by atoms with E-state index in [1.54, 1.807) is 6.20 Å². The highest BCUT2D eigenvalue weighted by atomic mass is 16.5. The van der Waals surface area contributed by atoms with E-state index in [0.717, 1.165) is 10.9 Å². The summed E-state index contributed by atoms with van der Waals surface area (Å²) in [5, 5.41) is 9.96. The average Bonchev–Trinajstić information content (AvgIpc) is 2.53. The van der Waals surface area contributed by atoms with Crippen LogP contribution in [0.25, 0.3) is 10.9 Å². The Morgan fingerprint density at radius 1 is 1.19 bits per heavy atom. The number of carbonyl (C=O) groups is 1. The number of carboxylic acids is 1. The molecule has 0 saturated heterocycles. The second kappa shape index (κ2) is 5.54. The Hall–Kier alpha value is -3.02. The number of hydrogen-bond acceptors (Lipinski definition) is 5. The molecule has 0 aliphatic rings. The number of fused-ring (bicyclic) bond motifs is 1. The number of nitrogens with zero attached hydrogens (tertiary/aromatic N) is 3. The van der Waals surface area contributed by atoms with Crippen LogP contribution in [-0.2, 0) is 6.61 Å². The molecule has 0 fully saturated rings. The highest BCUT2D eigenvalue weighted by Crippen LogP contribution is 2.24. The minimum atomic E-state index is -1.08. The van der Waals surface area contributed by atoms with E-state index in [-0.39, 0.29) is 12.2 Å². The Morgan fingerprint density at radius 3 is 2.95 bits per heavy atom. The Kier molecular flexibility index (Phi) is 3.42. The lowest BCUT2D eigenvalue weighted by atomic mass is 10.2. The van der Waals surface area contributed by atoms with Crippen molar-refractivity contribution in [3.63, 3.8) is 0 Å². The summed E-state index contributed by atoms with van der Waals surface area (Å²) in [7, 11) is 0. The van der Waals surface area contributed by atoms with Crippen molar-refractivity contribution in [3.8, 4) is 5.75 Å². The van der Waals surface area contributed by atoms with E-state index in [1.165, 1.54) is 12.5 Å². The van der Waals surface area contributed by atoms with Crippen LogP contribution in [0.5, 0.6) is 5.75 Å². The first-order valence-corrected chi connectivity index (χ1v) is 6.24. The largest absolute Gasteiger partial charge is 0.487 e. The number of ether oxygens (including phenoxy) is 1. The lowest BCUT2D eigenvalue weighted by Gasteiger charge is -2.09. The number of aromatic carboxylic acids is 1. The van der Waals surface area contributed by atoms with Crippen molar-refractivity contribution in [1.82, 2.24) is 15.0 Å². The third-order valence-electron chi connectivity index (χ3n) is 3.00. The fraction of sp³-hybridized carbons (Fsp3) is 0.0667. The number of carboxylic acid groups (broad SMARTS) is 1. The average molecular weight is 281 g/mol. The molecule has 6 heteroatoms. The summed E-state index contributed by atoms with van der Waals surface area (Å²) in [6.07, 6.45) is 4.27. The van der Waals surface area contributed by atoms with Crippen molar-refractivity contribution in [2.75, 3.05) is 0 Å². The Bertz CT molecular complexity index is 800. The van der Waals surface area contributed by atoms with E-state index in [0.29, 0.717) is 11.4 Å². The SMILES string of the molecule is O=C(O)c1cncnc1COc1cccc2ncccc12. The van der Waals surface area contributed by atoms with Crippen LogP contribution in [-0.4, -0.2) is 26.0 Å². The van der Waals surface area contributed by atoms with Crippen LogP contribution >= 0.6 is 0 Å². The minimum absolute atomic E-state index is 0.0378. The van der Waals surface area contributed by atoms with Crippen LogP contribution in [0.3, 0.4) is 0 Å². The predicted octanol–water partition coefficient (Wildman–Crippen LogP) is 2.30. The first-order valence-electron chi connectivity index (χ1n) is 6.24. The lowest BCUT2D eigenvalue weighted by Crippen LogP contribution is -2.08. The first kappa shape index (κ1) is 13.0. The van der Waals surface area contributed by atoms with Gasteiger partial charge in [0, 0.05) is 17.8 Å². The molecule has 21 heavy (non-hydrogen) atoms. The summed E-state index contributed by atoms with van der Waals surface area (Å²) in [6.45, 7) is 0.0537. The molecule has 0 atom stereocenters. The van der Waals surface area contributed by atoms with Gasteiger partial charge in [0.1, 0.15) is 24.2 Å². The maximum atomic E-state index is 11.1. The molecule has 2 aromatic heterocycles. The van der Waals surface area contributed by atoms with Crippen molar-refractivity contribution in [1.29, 1.82) is 0 Å². The zero-order valence-electron chi connectivity index (χ0n) is 10.9. The molecule has 2 heterocycles. The smallest absolute Gasteiger partial charge is 0.339 e. The van der Waals surface area contributed by atoms with Gasteiger partial charge in [0.05, 0.1) is 11.2 Å². The van der Waals surface area contributed by atoms with Crippen LogP contribution in [0.1, 0.15) is 16.1 Å². The quantitative estimate of drug-likeness (QED) is 0.789. The molecule has 1 aromatic carbocycles. The molecular weight excluding hydrogens is 270 g/mol. The summed E-state index contributed by atoms with van der Waals surface area (Å²) in [5.74, 6) is -0.440. The van der Waals surface area contributed by atoms with Crippen LogP contribution in [0.15, 0.2) is 49.1 Å². The third kappa shape index (κ3) is 2.64. The summed E-state index contributed by atoms with van der Waals surface area (Å²) >= 11 is 0. The van der Waals surface area contributed by atoms with Crippen molar-refractivity contribution in [2.24, 2.45) is 0 Å². The summed E-state index contributed by atoms with van der Waals surface area (Å²) in [5.41, 5.74) is 1.19. The second-order valence-corrected chi connectivity index (χ2v) is 4.30. The van der Waals surface area contributed by atoms with Gasteiger partial charge in [-0.05, 0) is 24.3 Å². The number of pyridine rings is 1. The fourth-order valence-corrected chi connectivity index (χ4v) is 2.00. The number of hydrogen-bond donors (Lipinski definition) is 1. The Morgan fingerprint density at radius 2 is 2.10 bits per heavy atom.